The molecule has 0 saturated carbocycles. The Morgan fingerprint density at radius 2 is 1.78 bits per heavy atom. The molecule has 0 unspecified atom stereocenters. The van der Waals surface area contributed by atoms with Crippen LogP contribution in [0.25, 0.3) is 10.9 Å². The molecule has 1 aliphatic heterocycles. The molecule has 190 valence electrons. The molecule has 5 rings (SSSR count). The van der Waals surface area contributed by atoms with Crippen molar-refractivity contribution in [2.24, 2.45) is 10.3 Å². The van der Waals surface area contributed by atoms with Crippen LogP contribution >= 0.6 is 0 Å². The average Bonchev–Trinajstić information content (AvgIpc) is 2.88. The number of anilines is 1. The zero-order valence-electron chi connectivity index (χ0n) is 20.3. The summed E-state index contributed by atoms with van der Waals surface area (Å²) in [5, 5.41) is 14.4. The number of nitrogens with one attached hydrogen (secondary N) is 2. The number of aromatic nitrogens is 1. The maximum atomic E-state index is 13.5. The lowest BCUT2D eigenvalue weighted by Crippen LogP contribution is -2.37. The predicted octanol–water partition coefficient (Wildman–Crippen LogP) is 4.05. The van der Waals surface area contributed by atoms with Gasteiger partial charge in [-0.25, -0.2) is 4.68 Å². The van der Waals surface area contributed by atoms with E-state index in [-0.39, 0.29) is 40.3 Å². The third kappa shape index (κ3) is 4.75. The first-order chi connectivity index (χ1) is 17.7. The summed E-state index contributed by atoms with van der Waals surface area (Å²) in [4.78, 5) is 13.4. The van der Waals surface area contributed by atoms with Crippen LogP contribution in [0.1, 0.15) is 25.0 Å². The molecule has 0 bridgehead atoms. The van der Waals surface area contributed by atoms with Crippen LogP contribution in [-0.4, -0.2) is 30.6 Å². The molecule has 3 N–H and O–H groups in total. The number of nitrogens with zero attached hydrogens (tertiary/aromatic N) is 2. The van der Waals surface area contributed by atoms with Gasteiger partial charge >= 0.3 is 0 Å². The fourth-order valence-corrected chi connectivity index (χ4v) is 5.19. The SMILES string of the molecule is CC(C)CNn1c(=O)c(C2=NS(=O)(=O)c3cc(OCc4ccccc4)ccc3N2)c(O)c2ccccc21. The molecule has 0 saturated heterocycles. The largest absolute Gasteiger partial charge is 0.506 e. The molecule has 9 nitrogen and oxygen atoms in total. The van der Waals surface area contributed by atoms with E-state index in [1.807, 2.05) is 44.2 Å². The molecule has 2 heterocycles. The van der Waals surface area contributed by atoms with E-state index in [0.717, 1.165) is 5.56 Å². The molecule has 0 fully saturated rings. The quantitative estimate of drug-likeness (QED) is 0.337. The number of sulfonamides is 1. The lowest BCUT2D eigenvalue weighted by Gasteiger charge is -2.22. The number of para-hydroxylation sites is 1. The van der Waals surface area contributed by atoms with Crippen LogP contribution < -0.4 is 21.0 Å². The second-order valence-electron chi connectivity index (χ2n) is 9.11. The van der Waals surface area contributed by atoms with E-state index in [1.165, 1.54) is 10.7 Å². The maximum Gasteiger partial charge on any atom is 0.286 e. The van der Waals surface area contributed by atoms with Crippen LogP contribution in [0.15, 0.2) is 86.9 Å². The maximum absolute atomic E-state index is 13.5. The highest BCUT2D eigenvalue weighted by Gasteiger charge is 2.30. The number of amidine groups is 1. The fourth-order valence-electron chi connectivity index (χ4n) is 4.05. The first-order valence-corrected chi connectivity index (χ1v) is 13.2. The van der Waals surface area contributed by atoms with E-state index in [2.05, 4.69) is 15.1 Å². The number of fused-ring (bicyclic) bond motifs is 2. The first-order valence-electron chi connectivity index (χ1n) is 11.8. The van der Waals surface area contributed by atoms with Crippen LogP contribution in [0.5, 0.6) is 11.5 Å². The summed E-state index contributed by atoms with van der Waals surface area (Å²) in [6, 6.07) is 20.9. The van der Waals surface area contributed by atoms with Crippen LogP contribution in [0.4, 0.5) is 5.69 Å². The second-order valence-corrected chi connectivity index (χ2v) is 10.7. The lowest BCUT2D eigenvalue weighted by molar-refractivity contribution is 0.305. The summed E-state index contributed by atoms with van der Waals surface area (Å²) < 4.78 is 37.3. The Hall–Kier alpha value is -4.31. The summed E-state index contributed by atoms with van der Waals surface area (Å²) in [6.07, 6.45) is 0. The van der Waals surface area contributed by atoms with E-state index in [1.54, 1.807) is 36.4 Å². The average molecular weight is 519 g/mol. The van der Waals surface area contributed by atoms with E-state index >= 15 is 0 Å². The van der Waals surface area contributed by atoms with Crippen molar-refractivity contribution >= 4 is 32.4 Å². The minimum Gasteiger partial charge on any atom is -0.506 e. The van der Waals surface area contributed by atoms with Gasteiger partial charge in [-0.1, -0.05) is 56.3 Å². The van der Waals surface area contributed by atoms with Crippen molar-refractivity contribution in [1.82, 2.24) is 4.68 Å². The van der Waals surface area contributed by atoms with Gasteiger partial charge in [-0.2, -0.15) is 8.42 Å². The molecule has 37 heavy (non-hydrogen) atoms. The van der Waals surface area contributed by atoms with Crippen LogP contribution in [0.2, 0.25) is 0 Å². The third-order valence-corrected chi connectivity index (χ3v) is 7.21. The Balaban J connectivity index is 1.55. The highest BCUT2D eigenvalue weighted by Crippen LogP contribution is 2.34. The van der Waals surface area contributed by atoms with E-state index in [0.29, 0.717) is 23.2 Å². The standard InChI is InChI=1S/C27H26N4O5S/c1-17(2)15-28-31-22-11-7-6-10-20(22)25(32)24(27(31)33)26-29-21-13-12-19(14-23(21)37(34,35)30-26)36-16-18-8-4-3-5-9-18/h3-14,17,28,32H,15-16H2,1-2H3,(H,29,30). The van der Waals surface area contributed by atoms with Gasteiger partial charge in [0, 0.05) is 18.0 Å². The van der Waals surface area contributed by atoms with Gasteiger partial charge < -0.3 is 20.6 Å². The van der Waals surface area contributed by atoms with Gasteiger partial charge in [0.15, 0.2) is 5.84 Å². The summed E-state index contributed by atoms with van der Waals surface area (Å²) in [5.41, 5.74) is 3.85. The topological polar surface area (TPSA) is 122 Å². The van der Waals surface area contributed by atoms with Crippen molar-refractivity contribution in [2.75, 3.05) is 17.3 Å². The molecule has 0 spiro atoms. The van der Waals surface area contributed by atoms with Gasteiger partial charge in [-0.05, 0) is 35.7 Å². The van der Waals surface area contributed by atoms with Crippen molar-refractivity contribution in [1.29, 1.82) is 0 Å². The number of benzene rings is 3. The number of hydrogen-bond acceptors (Lipinski definition) is 7. The molecule has 0 atom stereocenters. The van der Waals surface area contributed by atoms with E-state index < -0.39 is 15.6 Å². The van der Waals surface area contributed by atoms with Gasteiger partial charge in [0.05, 0.1) is 11.2 Å². The van der Waals surface area contributed by atoms with Crippen molar-refractivity contribution in [3.05, 3.63) is 94.3 Å². The van der Waals surface area contributed by atoms with E-state index in [4.69, 9.17) is 4.74 Å². The predicted molar refractivity (Wildman–Crippen MR) is 143 cm³/mol. The fraction of sp³-hybridized carbons (Fsp3) is 0.185. The zero-order chi connectivity index (χ0) is 26.2. The second kappa shape index (κ2) is 9.62. The minimum absolute atomic E-state index is 0.0830. The van der Waals surface area contributed by atoms with Gasteiger partial charge in [0.25, 0.3) is 15.6 Å². The van der Waals surface area contributed by atoms with Crippen molar-refractivity contribution in [2.45, 2.75) is 25.3 Å². The van der Waals surface area contributed by atoms with Gasteiger partial charge in [0.1, 0.15) is 28.6 Å². The Labute approximate surface area is 214 Å². The Morgan fingerprint density at radius 3 is 2.54 bits per heavy atom. The van der Waals surface area contributed by atoms with Crippen LogP contribution in [0.3, 0.4) is 0 Å². The smallest absolute Gasteiger partial charge is 0.286 e. The number of aromatic hydroxyl groups is 1. The van der Waals surface area contributed by atoms with Crippen molar-refractivity contribution in [3.63, 3.8) is 0 Å². The Kier molecular flexibility index (Phi) is 6.34. The highest BCUT2D eigenvalue weighted by atomic mass is 32.2. The van der Waals surface area contributed by atoms with Crippen LogP contribution in [-0.2, 0) is 16.6 Å². The highest BCUT2D eigenvalue weighted by molar-refractivity contribution is 7.90. The molecule has 1 aliphatic rings. The summed E-state index contributed by atoms with van der Waals surface area (Å²) >= 11 is 0. The number of ether oxygens (including phenoxy) is 1. The monoisotopic (exact) mass is 518 g/mol. The summed E-state index contributed by atoms with van der Waals surface area (Å²) in [6.45, 7) is 4.75. The van der Waals surface area contributed by atoms with Crippen LogP contribution in [0, 0.1) is 5.92 Å². The van der Waals surface area contributed by atoms with Crippen molar-refractivity contribution in [3.8, 4) is 11.5 Å². The molecule has 3 aromatic carbocycles. The molecule has 0 aliphatic carbocycles. The Bertz CT molecular complexity index is 1680. The molecule has 4 aromatic rings. The van der Waals surface area contributed by atoms with Gasteiger partial charge in [-0.3, -0.25) is 4.79 Å². The van der Waals surface area contributed by atoms with Gasteiger partial charge in [-0.15, -0.1) is 4.40 Å². The summed E-state index contributed by atoms with van der Waals surface area (Å²) in [7, 11) is -4.20. The molecule has 10 heteroatoms. The third-order valence-electron chi connectivity index (χ3n) is 5.89. The van der Waals surface area contributed by atoms with Crippen molar-refractivity contribution < 1.29 is 18.3 Å². The van der Waals surface area contributed by atoms with Gasteiger partial charge in [0.2, 0.25) is 0 Å². The number of pyridine rings is 1. The Morgan fingerprint density at radius 1 is 1.05 bits per heavy atom. The van der Waals surface area contributed by atoms with E-state index in [9.17, 15) is 18.3 Å². The zero-order valence-corrected chi connectivity index (χ0v) is 21.1. The molecule has 0 amide bonds. The molecule has 0 radical (unpaired) electrons. The lowest BCUT2D eigenvalue weighted by atomic mass is 10.1. The number of hydrogen-bond donors (Lipinski definition) is 3. The molecular formula is C27H26N4O5S. The minimum atomic E-state index is -4.20. The molecular weight excluding hydrogens is 492 g/mol. The number of rotatable bonds is 7. The normalized spacial score (nSPS) is 14.1. The first kappa shape index (κ1) is 24.4. The summed E-state index contributed by atoms with van der Waals surface area (Å²) in [5.74, 6) is -0.00578. The molecule has 1 aromatic heterocycles.